The van der Waals surface area contributed by atoms with Gasteiger partial charge in [-0.2, -0.15) is 5.10 Å². The Hall–Kier alpha value is -7.30. The first-order chi connectivity index (χ1) is 41.1. The number of carbonyl (C=O) groups excluding carboxylic acids is 3. The summed E-state index contributed by atoms with van der Waals surface area (Å²) in [5.74, 6) is 2.29. The van der Waals surface area contributed by atoms with E-state index >= 15 is 0 Å². The molecule has 3 saturated heterocycles. The van der Waals surface area contributed by atoms with Gasteiger partial charge in [-0.25, -0.2) is 32.6 Å². The average Bonchev–Trinajstić information content (AvgIpc) is 1.91. The lowest BCUT2D eigenvalue weighted by atomic mass is 9.91. The third kappa shape index (κ3) is 14.0. The van der Waals surface area contributed by atoms with Gasteiger partial charge in [0.25, 0.3) is 5.91 Å². The molecule has 20 nitrogen and oxygen atoms in total. The summed E-state index contributed by atoms with van der Waals surface area (Å²) < 4.78 is 53.0. The molecule has 0 unspecified atom stereocenters. The van der Waals surface area contributed by atoms with E-state index in [2.05, 4.69) is 61.0 Å². The number of anilines is 4. The lowest BCUT2D eigenvalue weighted by molar-refractivity contribution is -0.121. The fourth-order valence-corrected chi connectivity index (χ4v) is 13.7. The third-order valence-corrected chi connectivity index (χ3v) is 20.2. The molecule has 0 saturated carbocycles. The molecule has 87 heavy (non-hydrogen) atoms. The molecule has 466 valence electrons. The first kappa shape index (κ1) is 62.7. The predicted molar refractivity (Wildman–Crippen MR) is 335 cm³/mol. The highest BCUT2D eigenvalue weighted by Crippen LogP contribution is 2.41. The van der Waals surface area contributed by atoms with Crippen molar-refractivity contribution in [1.29, 1.82) is 0 Å². The molecule has 4 aliphatic rings. The van der Waals surface area contributed by atoms with Gasteiger partial charge in [0.05, 0.1) is 46.1 Å². The van der Waals surface area contributed by atoms with Crippen LogP contribution in [-0.4, -0.2) is 177 Å². The van der Waals surface area contributed by atoms with Gasteiger partial charge in [0, 0.05) is 112 Å². The van der Waals surface area contributed by atoms with Gasteiger partial charge >= 0.3 is 6.09 Å². The van der Waals surface area contributed by atoms with Gasteiger partial charge in [0.1, 0.15) is 45.8 Å². The van der Waals surface area contributed by atoms with E-state index in [4.69, 9.17) is 19.4 Å². The number of carbonyl (C=O) groups is 3. The summed E-state index contributed by atoms with van der Waals surface area (Å²) >= 11 is 0. The van der Waals surface area contributed by atoms with Crippen molar-refractivity contribution in [3.8, 4) is 5.75 Å². The number of benzene rings is 2. The Labute approximate surface area is 511 Å². The Morgan fingerprint density at radius 1 is 0.839 bits per heavy atom. The first-order valence-corrected chi connectivity index (χ1v) is 32.1. The molecule has 8 heterocycles. The van der Waals surface area contributed by atoms with Crippen LogP contribution >= 0.6 is 0 Å². The van der Waals surface area contributed by atoms with Crippen LogP contribution in [0.5, 0.6) is 5.75 Å². The van der Waals surface area contributed by atoms with Gasteiger partial charge in [0.2, 0.25) is 5.91 Å². The topological polar surface area (TPSA) is 216 Å². The van der Waals surface area contributed by atoms with Crippen LogP contribution in [0.1, 0.15) is 133 Å². The number of piperidine rings is 1. The number of nitrogens with one attached hydrogen (secondary N) is 2. The van der Waals surface area contributed by atoms with E-state index in [0.29, 0.717) is 92.9 Å². The van der Waals surface area contributed by atoms with E-state index in [1.54, 1.807) is 56.1 Å². The molecule has 3 amide bonds. The number of hydrogen-bond donors (Lipinski definition) is 2. The Bertz CT molecular complexity index is 3600. The molecular formula is C65H86FN13O7S. The van der Waals surface area contributed by atoms with Crippen molar-refractivity contribution in [2.45, 2.75) is 154 Å². The first-order valence-electron chi connectivity index (χ1n) is 30.6. The van der Waals surface area contributed by atoms with Crippen molar-refractivity contribution in [1.82, 2.24) is 49.7 Å². The smallest absolute Gasteiger partial charge is 0.410 e. The number of hydrogen-bond acceptors (Lipinski definition) is 16. The number of piperazine rings is 2. The van der Waals surface area contributed by atoms with Gasteiger partial charge in [-0.15, -0.1) is 0 Å². The van der Waals surface area contributed by atoms with Crippen LogP contribution in [0, 0.1) is 25.6 Å². The third-order valence-electron chi connectivity index (χ3n) is 17.7. The molecule has 22 heteroatoms. The lowest BCUT2D eigenvalue weighted by Gasteiger charge is -2.48. The minimum Gasteiger partial charge on any atom is -0.492 e. The molecule has 6 aromatic rings. The summed E-state index contributed by atoms with van der Waals surface area (Å²) in [6.07, 6.45) is 8.76. The minimum absolute atomic E-state index is 0.0126. The van der Waals surface area contributed by atoms with Crippen molar-refractivity contribution in [3.05, 3.63) is 113 Å². The van der Waals surface area contributed by atoms with Crippen molar-refractivity contribution < 1.29 is 36.7 Å². The molecule has 2 aromatic carbocycles. The van der Waals surface area contributed by atoms with E-state index < -0.39 is 20.2 Å². The number of amides is 3. The van der Waals surface area contributed by atoms with Crippen molar-refractivity contribution in [2.75, 3.05) is 87.2 Å². The summed E-state index contributed by atoms with van der Waals surface area (Å²) in [7, 11) is -3.83. The zero-order valence-corrected chi connectivity index (χ0v) is 53.4. The maximum absolute atomic E-state index is 14.7. The second kappa shape index (κ2) is 25.1. The maximum atomic E-state index is 14.7. The van der Waals surface area contributed by atoms with E-state index in [1.807, 2.05) is 75.7 Å². The summed E-state index contributed by atoms with van der Waals surface area (Å²) in [5, 5.41) is 11.1. The number of aryl methyl sites for hydroxylation is 1. The van der Waals surface area contributed by atoms with Crippen LogP contribution in [-0.2, 0) is 31.2 Å². The van der Waals surface area contributed by atoms with Crippen LogP contribution in [0.3, 0.4) is 0 Å². The van der Waals surface area contributed by atoms with Crippen LogP contribution in [0.15, 0.2) is 78.2 Å². The highest BCUT2D eigenvalue weighted by Gasteiger charge is 2.44. The Morgan fingerprint density at radius 3 is 2.25 bits per heavy atom. The van der Waals surface area contributed by atoms with E-state index in [-0.39, 0.29) is 64.5 Å². The monoisotopic (exact) mass is 1210 g/mol. The molecule has 0 aliphatic carbocycles. The van der Waals surface area contributed by atoms with Gasteiger partial charge in [-0.3, -0.25) is 29.5 Å². The average molecular weight is 1210 g/mol. The van der Waals surface area contributed by atoms with E-state index in [1.165, 1.54) is 18.5 Å². The van der Waals surface area contributed by atoms with Crippen LogP contribution < -0.4 is 19.9 Å². The number of H-pyrrole nitrogens is 1. The standard InChI is InChI=1S/C65H86FN13O7S/c1-41-34-76(26-25-75(41)36-50-37-78(62(82)86-63(5,6)7)42(2)35-77(50)38-57(80)79-39-65(11,12)58-53(79)29-47(32-68-58)28-46-15-18-49(66)19-16-46)61(81)48-17-20-56(67-33-48)74-23-21-45(22-24-74)14-13-27-85-54-31-52-51(30-55(54)87(83,84)64(8,9)10)60(70-40-69-52)71-59-43(3)44(4)72-73-59/h15-20,29-33,40-42,45,50H,13-14,21-28,34-39H2,1-12H3,(H2,69,70,71,72,73)/t41-,42+,50+/m1/s1. The molecular weight excluding hydrogens is 1130 g/mol. The SMILES string of the molecule is Cc1n[nH]c(Nc2ncnc3cc(OCCCC4CCN(c5ccc(C(=O)N6CCN(C[C@H]7CN(C(=O)OC(C)(C)C)[C@@H](C)CN7CC(=O)N7CC(C)(C)c8ncc(Cc9ccc(F)cc9)cc87)[C@H](C)C6)cn5)CC4)c(S(=O)(=O)C(C)(C)C)cc23)c1C. The predicted octanol–water partition coefficient (Wildman–Crippen LogP) is 9.66. The Morgan fingerprint density at radius 2 is 1.59 bits per heavy atom. The zero-order valence-electron chi connectivity index (χ0n) is 52.6. The Kier molecular flexibility index (Phi) is 18.1. The van der Waals surface area contributed by atoms with Gasteiger partial charge in [0.15, 0.2) is 9.84 Å². The van der Waals surface area contributed by atoms with Gasteiger partial charge in [-0.1, -0.05) is 26.0 Å². The van der Waals surface area contributed by atoms with Gasteiger partial charge < -0.3 is 34.4 Å². The van der Waals surface area contributed by atoms with Crippen molar-refractivity contribution in [3.63, 3.8) is 0 Å². The molecule has 2 N–H and O–H groups in total. The molecule has 3 fully saturated rings. The second-order valence-corrected chi connectivity index (χ2v) is 29.6. The van der Waals surface area contributed by atoms with Crippen LogP contribution in [0.25, 0.3) is 10.9 Å². The minimum atomic E-state index is -3.83. The van der Waals surface area contributed by atoms with E-state index in [0.717, 1.165) is 78.4 Å². The molecule has 0 bridgehead atoms. The molecule has 10 rings (SSSR count). The second-order valence-electron chi connectivity index (χ2n) is 27.0. The molecule has 4 aliphatic heterocycles. The van der Waals surface area contributed by atoms with Crippen LogP contribution in [0.4, 0.5) is 32.3 Å². The summed E-state index contributed by atoms with van der Waals surface area (Å²) in [5.41, 5.74) is 5.36. The molecule has 0 spiro atoms. The van der Waals surface area contributed by atoms with Gasteiger partial charge in [-0.05, 0) is 155 Å². The number of aromatic amines is 1. The van der Waals surface area contributed by atoms with Crippen molar-refractivity contribution in [2.24, 2.45) is 5.92 Å². The quantitative estimate of drug-likeness (QED) is 0.0863. The molecule has 3 atom stereocenters. The maximum Gasteiger partial charge on any atom is 0.410 e. The fourth-order valence-electron chi connectivity index (χ4n) is 12.4. The van der Waals surface area contributed by atoms with E-state index in [9.17, 15) is 27.2 Å². The van der Waals surface area contributed by atoms with Crippen LogP contribution in [0.2, 0.25) is 0 Å². The summed E-state index contributed by atoms with van der Waals surface area (Å²) in [6.45, 7) is 28.5. The highest BCUT2D eigenvalue weighted by molar-refractivity contribution is 7.92. The Balaban J connectivity index is 0.728. The number of fused-ring (bicyclic) bond motifs is 2. The number of rotatable bonds is 16. The highest BCUT2D eigenvalue weighted by atomic mass is 32.2. The number of aromatic nitrogens is 6. The number of pyridine rings is 2. The largest absolute Gasteiger partial charge is 0.492 e. The fraction of sp³-hybridized carbons (Fsp3) is 0.538. The summed E-state index contributed by atoms with van der Waals surface area (Å²) in [4.78, 5) is 73.7. The lowest BCUT2D eigenvalue weighted by Crippen LogP contribution is -2.65. The number of halogens is 1. The normalized spacial score (nSPS) is 19.8. The number of sulfone groups is 1. The molecule has 4 aromatic heterocycles. The molecule has 0 radical (unpaired) electrons. The summed E-state index contributed by atoms with van der Waals surface area (Å²) in [6, 6.07) is 15.2. The number of ether oxygens (including phenoxy) is 2. The van der Waals surface area contributed by atoms with Crippen molar-refractivity contribution >= 4 is 61.8 Å². The zero-order chi connectivity index (χ0) is 62.3. The number of nitrogens with zero attached hydrogens (tertiary/aromatic N) is 11.